The second kappa shape index (κ2) is 5.63. The second-order valence-electron chi connectivity index (χ2n) is 6.82. The number of nitrogens with zero attached hydrogens (tertiary/aromatic N) is 2. The molecule has 0 saturated heterocycles. The molecular weight excluding hydrogens is 316 g/mol. The Kier molecular flexibility index (Phi) is 3.26. The molecule has 5 aromatic rings. The number of hydrogen-bond acceptors (Lipinski definition) is 2. The van der Waals surface area contributed by atoms with Crippen LogP contribution in [0.5, 0.6) is 0 Å². The third kappa shape index (κ3) is 2.19. The number of rotatable bonds is 1. The molecule has 0 atom stereocenters. The number of hydrogen-bond donors (Lipinski definition) is 0. The lowest BCUT2D eigenvalue weighted by Gasteiger charge is -2.12. The van der Waals surface area contributed by atoms with Crippen molar-refractivity contribution in [2.45, 2.75) is 13.8 Å². The van der Waals surface area contributed by atoms with Gasteiger partial charge in [0.1, 0.15) is 0 Å². The van der Waals surface area contributed by atoms with Gasteiger partial charge in [0.15, 0.2) is 0 Å². The lowest BCUT2D eigenvalue weighted by molar-refractivity contribution is 1.20. The summed E-state index contributed by atoms with van der Waals surface area (Å²) in [4.78, 5) is 10.1. The quantitative estimate of drug-likeness (QED) is 0.340. The summed E-state index contributed by atoms with van der Waals surface area (Å²) in [5.41, 5.74) is 6.22. The molecule has 124 valence electrons. The highest BCUT2D eigenvalue weighted by Crippen LogP contribution is 2.34. The summed E-state index contributed by atoms with van der Waals surface area (Å²) in [7, 11) is 0. The Labute approximate surface area is 152 Å². The van der Waals surface area contributed by atoms with Crippen LogP contribution in [0.15, 0.2) is 72.8 Å². The van der Waals surface area contributed by atoms with Gasteiger partial charge in [-0.2, -0.15) is 0 Å². The first kappa shape index (κ1) is 15.0. The van der Waals surface area contributed by atoms with Crippen LogP contribution in [-0.2, 0) is 0 Å². The van der Waals surface area contributed by atoms with Gasteiger partial charge >= 0.3 is 0 Å². The van der Waals surface area contributed by atoms with E-state index in [4.69, 9.17) is 9.97 Å². The van der Waals surface area contributed by atoms with Gasteiger partial charge < -0.3 is 0 Å². The molecule has 2 heteroatoms. The molecule has 0 fully saturated rings. The van der Waals surface area contributed by atoms with Crippen molar-refractivity contribution >= 4 is 32.6 Å². The molecule has 0 amide bonds. The maximum absolute atomic E-state index is 5.10. The Morgan fingerprint density at radius 2 is 1.15 bits per heavy atom. The molecule has 0 aliphatic rings. The number of fused-ring (bicyclic) bond motifs is 6. The maximum Gasteiger partial charge on any atom is 0.0979 e. The van der Waals surface area contributed by atoms with Crippen LogP contribution in [0.4, 0.5) is 0 Å². The van der Waals surface area contributed by atoms with Crippen molar-refractivity contribution < 1.29 is 0 Å². The van der Waals surface area contributed by atoms with E-state index in [2.05, 4.69) is 79.7 Å². The van der Waals surface area contributed by atoms with Gasteiger partial charge in [-0.05, 0) is 30.7 Å². The van der Waals surface area contributed by atoms with Crippen LogP contribution < -0.4 is 0 Å². The van der Waals surface area contributed by atoms with E-state index in [0.29, 0.717) is 0 Å². The average molecular weight is 334 g/mol. The predicted molar refractivity (Wildman–Crippen MR) is 109 cm³/mol. The average Bonchev–Trinajstić information content (AvgIpc) is 2.68. The summed E-state index contributed by atoms with van der Waals surface area (Å²) >= 11 is 0. The molecule has 0 saturated carbocycles. The highest BCUT2D eigenvalue weighted by atomic mass is 14.8. The highest BCUT2D eigenvalue weighted by molar-refractivity contribution is 6.23. The molecule has 1 heterocycles. The molecule has 2 nitrogen and oxygen atoms in total. The molecule has 0 unspecified atom stereocenters. The number of aromatic nitrogens is 2. The van der Waals surface area contributed by atoms with Gasteiger partial charge in [-0.1, -0.05) is 72.3 Å². The normalized spacial score (nSPS) is 11.5. The van der Waals surface area contributed by atoms with Gasteiger partial charge in [0.05, 0.1) is 22.4 Å². The first-order chi connectivity index (χ1) is 12.7. The summed E-state index contributed by atoms with van der Waals surface area (Å²) in [6.07, 6.45) is 0. The summed E-state index contributed by atoms with van der Waals surface area (Å²) in [5.74, 6) is 0. The fraction of sp³-hybridized carbons (Fsp3) is 0.0833. The van der Waals surface area contributed by atoms with Crippen molar-refractivity contribution in [2.75, 3.05) is 0 Å². The Hall–Kier alpha value is -3.26. The molecule has 5 rings (SSSR count). The molecule has 0 radical (unpaired) electrons. The Bertz CT molecular complexity index is 1300. The smallest absolute Gasteiger partial charge is 0.0979 e. The van der Waals surface area contributed by atoms with Crippen molar-refractivity contribution in [3.05, 3.63) is 84.1 Å². The predicted octanol–water partition coefficient (Wildman–Crippen LogP) is 6.22. The lowest BCUT2D eigenvalue weighted by Crippen LogP contribution is -1.96. The molecule has 4 aromatic carbocycles. The lowest BCUT2D eigenvalue weighted by atomic mass is 9.99. The van der Waals surface area contributed by atoms with Crippen LogP contribution in [0.2, 0.25) is 0 Å². The Balaban J connectivity index is 1.97. The van der Waals surface area contributed by atoms with Gasteiger partial charge in [-0.25, -0.2) is 9.97 Å². The van der Waals surface area contributed by atoms with Gasteiger partial charge in [0.25, 0.3) is 0 Å². The minimum Gasteiger partial charge on any atom is -0.249 e. The van der Waals surface area contributed by atoms with E-state index in [0.717, 1.165) is 38.8 Å². The number of aryl methyl sites for hydroxylation is 2. The SMILES string of the molecule is Cc1cccc(-c2nc3c4ccccc4c4ccccc4c3nc2C)c1. The monoisotopic (exact) mass is 334 g/mol. The molecule has 1 aromatic heterocycles. The fourth-order valence-corrected chi connectivity index (χ4v) is 3.81. The Morgan fingerprint density at radius 1 is 0.577 bits per heavy atom. The standard InChI is InChI=1S/C24H18N2/c1-15-8-7-9-17(14-15)22-16(2)25-23-20-12-5-3-10-18(20)19-11-4-6-13-21(19)24(23)26-22/h3-14H,1-2H3. The van der Waals surface area contributed by atoms with Crippen molar-refractivity contribution in [1.29, 1.82) is 0 Å². The van der Waals surface area contributed by atoms with Crippen LogP contribution in [0, 0.1) is 13.8 Å². The molecule has 26 heavy (non-hydrogen) atoms. The zero-order valence-electron chi connectivity index (χ0n) is 14.8. The van der Waals surface area contributed by atoms with Crippen LogP contribution in [-0.4, -0.2) is 9.97 Å². The van der Waals surface area contributed by atoms with E-state index in [1.54, 1.807) is 0 Å². The van der Waals surface area contributed by atoms with E-state index in [1.165, 1.54) is 16.3 Å². The highest BCUT2D eigenvalue weighted by Gasteiger charge is 2.14. The van der Waals surface area contributed by atoms with E-state index >= 15 is 0 Å². The van der Waals surface area contributed by atoms with E-state index in [1.807, 2.05) is 6.92 Å². The molecular formula is C24H18N2. The third-order valence-corrected chi connectivity index (χ3v) is 5.02. The van der Waals surface area contributed by atoms with Gasteiger partial charge in [-0.3, -0.25) is 0 Å². The summed E-state index contributed by atoms with van der Waals surface area (Å²) in [6, 6.07) is 25.4. The topological polar surface area (TPSA) is 25.8 Å². The zero-order chi connectivity index (χ0) is 17.7. The summed E-state index contributed by atoms with van der Waals surface area (Å²) < 4.78 is 0. The maximum atomic E-state index is 5.10. The van der Waals surface area contributed by atoms with Crippen molar-refractivity contribution in [3.8, 4) is 11.3 Å². The van der Waals surface area contributed by atoms with Crippen molar-refractivity contribution in [1.82, 2.24) is 9.97 Å². The first-order valence-corrected chi connectivity index (χ1v) is 8.87. The van der Waals surface area contributed by atoms with Crippen LogP contribution in [0.1, 0.15) is 11.3 Å². The molecule has 0 bridgehead atoms. The summed E-state index contributed by atoms with van der Waals surface area (Å²) in [5, 5.41) is 4.77. The molecule has 0 spiro atoms. The van der Waals surface area contributed by atoms with Crippen LogP contribution in [0.25, 0.3) is 43.8 Å². The second-order valence-corrected chi connectivity index (χ2v) is 6.82. The van der Waals surface area contributed by atoms with E-state index in [-0.39, 0.29) is 0 Å². The fourth-order valence-electron chi connectivity index (χ4n) is 3.81. The molecule has 0 N–H and O–H groups in total. The van der Waals surface area contributed by atoms with Crippen molar-refractivity contribution in [2.24, 2.45) is 0 Å². The van der Waals surface area contributed by atoms with Gasteiger partial charge in [-0.15, -0.1) is 0 Å². The minimum absolute atomic E-state index is 0.960. The Morgan fingerprint density at radius 3 is 1.77 bits per heavy atom. The van der Waals surface area contributed by atoms with E-state index < -0.39 is 0 Å². The number of benzene rings is 4. The summed E-state index contributed by atoms with van der Waals surface area (Å²) in [6.45, 7) is 4.16. The van der Waals surface area contributed by atoms with Crippen LogP contribution >= 0.6 is 0 Å². The first-order valence-electron chi connectivity index (χ1n) is 8.87. The third-order valence-electron chi connectivity index (χ3n) is 5.02. The molecule has 0 aliphatic heterocycles. The van der Waals surface area contributed by atoms with E-state index in [9.17, 15) is 0 Å². The van der Waals surface area contributed by atoms with Gasteiger partial charge in [0.2, 0.25) is 0 Å². The van der Waals surface area contributed by atoms with Crippen molar-refractivity contribution in [3.63, 3.8) is 0 Å². The minimum atomic E-state index is 0.960. The largest absolute Gasteiger partial charge is 0.249 e. The molecule has 0 aliphatic carbocycles. The van der Waals surface area contributed by atoms with Crippen LogP contribution in [0.3, 0.4) is 0 Å². The zero-order valence-corrected chi connectivity index (χ0v) is 14.8. The van der Waals surface area contributed by atoms with Gasteiger partial charge in [0, 0.05) is 16.3 Å².